The lowest BCUT2D eigenvalue weighted by Crippen LogP contribution is -2.42. The number of rotatable bonds is 4. The predicted molar refractivity (Wildman–Crippen MR) is 101 cm³/mol. The number of benzene rings is 1. The monoisotopic (exact) mass is 346 g/mol. The van der Waals surface area contributed by atoms with E-state index in [1.165, 1.54) is 19.3 Å². The summed E-state index contributed by atoms with van der Waals surface area (Å²) in [5, 5.41) is 0. The molecule has 3 rings (SSSR count). The van der Waals surface area contributed by atoms with E-state index in [0.29, 0.717) is 5.70 Å². The fourth-order valence-electron chi connectivity index (χ4n) is 3.30. The summed E-state index contributed by atoms with van der Waals surface area (Å²) in [6, 6.07) is 10.4. The molecule has 1 aliphatic heterocycles. The van der Waals surface area contributed by atoms with E-state index in [1.807, 2.05) is 47.7 Å². The third-order valence-electron chi connectivity index (χ3n) is 4.40. The largest absolute Gasteiger partial charge is 0.288 e. The second kappa shape index (κ2) is 7.58. The van der Waals surface area contributed by atoms with Gasteiger partial charge in [-0.15, -0.1) is 23.5 Å². The molecule has 1 amide bonds. The second-order valence-corrected chi connectivity index (χ2v) is 7.70. The van der Waals surface area contributed by atoms with Crippen molar-refractivity contribution in [2.45, 2.75) is 38.1 Å². The molecule has 1 aliphatic carbocycles. The molecule has 3 nitrogen and oxygen atoms in total. The van der Waals surface area contributed by atoms with Gasteiger partial charge in [0.05, 0.1) is 4.24 Å². The maximum absolute atomic E-state index is 13.1. The summed E-state index contributed by atoms with van der Waals surface area (Å²) in [5.41, 5.74) is 1.65. The molecule has 1 aromatic carbocycles. The fraction of sp³-hybridized carbons (Fsp3) is 0.444. The Bertz CT molecular complexity index is 628. The molecule has 0 bridgehead atoms. The van der Waals surface area contributed by atoms with Crippen molar-refractivity contribution in [2.75, 3.05) is 12.5 Å². The highest BCUT2D eigenvalue weighted by Crippen LogP contribution is 2.36. The van der Waals surface area contributed by atoms with Gasteiger partial charge in [0.1, 0.15) is 5.84 Å². The number of thioether (sulfide) groups is 2. The number of hydrogen-bond acceptors (Lipinski definition) is 4. The molecule has 0 aromatic heterocycles. The molecule has 1 fully saturated rings. The van der Waals surface area contributed by atoms with Gasteiger partial charge < -0.3 is 0 Å². The summed E-state index contributed by atoms with van der Waals surface area (Å²) in [4.78, 5) is 19.8. The van der Waals surface area contributed by atoms with Crippen LogP contribution in [0.2, 0.25) is 0 Å². The van der Waals surface area contributed by atoms with Crippen molar-refractivity contribution in [1.82, 2.24) is 4.90 Å². The highest BCUT2D eigenvalue weighted by atomic mass is 32.2. The zero-order valence-corrected chi connectivity index (χ0v) is 15.3. The van der Waals surface area contributed by atoms with Crippen LogP contribution in [0.4, 0.5) is 0 Å². The van der Waals surface area contributed by atoms with Crippen LogP contribution in [0.3, 0.4) is 0 Å². The van der Waals surface area contributed by atoms with Crippen LogP contribution in [0.25, 0.3) is 0 Å². The molecular weight excluding hydrogens is 324 g/mol. The number of aliphatic imine (C=N–C) groups is 1. The average Bonchev–Trinajstić information content (AvgIpc) is 2.95. The van der Waals surface area contributed by atoms with Crippen molar-refractivity contribution < 1.29 is 4.79 Å². The van der Waals surface area contributed by atoms with Crippen LogP contribution in [0, 0.1) is 0 Å². The van der Waals surface area contributed by atoms with Crippen molar-refractivity contribution in [2.24, 2.45) is 4.99 Å². The molecule has 2 aliphatic rings. The van der Waals surface area contributed by atoms with E-state index in [1.54, 1.807) is 23.5 Å². The molecule has 0 atom stereocenters. The molecule has 1 aromatic rings. The van der Waals surface area contributed by atoms with Crippen LogP contribution in [-0.4, -0.2) is 35.2 Å². The Kier molecular flexibility index (Phi) is 5.49. The van der Waals surface area contributed by atoms with Crippen molar-refractivity contribution >= 4 is 35.3 Å². The highest BCUT2D eigenvalue weighted by molar-refractivity contribution is 8.21. The minimum absolute atomic E-state index is 0.0782. The zero-order valence-electron chi connectivity index (χ0n) is 13.6. The summed E-state index contributed by atoms with van der Waals surface area (Å²) in [7, 11) is 0. The van der Waals surface area contributed by atoms with Crippen LogP contribution < -0.4 is 0 Å². The Labute approximate surface area is 146 Å². The maximum atomic E-state index is 13.1. The SMILES string of the molecule is CSC(SC)=C1N=C(c2ccccc2)N(C2CCCCC2)C1=O. The van der Waals surface area contributed by atoms with E-state index in [0.717, 1.165) is 28.5 Å². The normalized spacial score (nSPS) is 19.2. The van der Waals surface area contributed by atoms with Crippen molar-refractivity contribution in [3.63, 3.8) is 0 Å². The van der Waals surface area contributed by atoms with Gasteiger partial charge >= 0.3 is 0 Å². The third kappa shape index (κ3) is 3.36. The lowest BCUT2D eigenvalue weighted by molar-refractivity contribution is -0.124. The van der Waals surface area contributed by atoms with Gasteiger partial charge in [0.15, 0.2) is 5.70 Å². The van der Waals surface area contributed by atoms with E-state index in [4.69, 9.17) is 4.99 Å². The molecular formula is C18H22N2OS2. The molecule has 0 N–H and O–H groups in total. The Morgan fingerprint density at radius 2 is 1.74 bits per heavy atom. The number of carbonyl (C=O) groups excluding carboxylic acids is 1. The van der Waals surface area contributed by atoms with E-state index in [2.05, 4.69) is 0 Å². The minimum Gasteiger partial charge on any atom is -0.288 e. The topological polar surface area (TPSA) is 32.7 Å². The summed E-state index contributed by atoms with van der Waals surface area (Å²) in [6.45, 7) is 0. The van der Waals surface area contributed by atoms with Gasteiger partial charge in [-0.05, 0) is 25.4 Å². The van der Waals surface area contributed by atoms with Crippen LogP contribution in [0.5, 0.6) is 0 Å². The first-order chi connectivity index (χ1) is 11.3. The Balaban J connectivity index is 2.04. The van der Waals surface area contributed by atoms with E-state index in [9.17, 15) is 4.79 Å². The van der Waals surface area contributed by atoms with Gasteiger partial charge in [0, 0.05) is 11.6 Å². The first kappa shape index (κ1) is 16.7. The summed E-state index contributed by atoms with van der Waals surface area (Å²) < 4.78 is 1.00. The van der Waals surface area contributed by atoms with Gasteiger partial charge in [-0.1, -0.05) is 49.6 Å². The lowest BCUT2D eigenvalue weighted by Gasteiger charge is -2.31. The molecule has 23 heavy (non-hydrogen) atoms. The average molecular weight is 347 g/mol. The standard InChI is InChI=1S/C18H22N2OS2/c1-22-18(23-2)15-17(21)20(14-11-7-4-8-12-14)16(19-15)13-9-5-3-6-10-13/h3,5-6,9-10,14H,4,7-8,11-12H2,1-2H3. The molecule has 1 heterocycles. The Morgan fingerprint density at radius 1 is 1.09 bits per heavy atom. The first-order valence-corrected chi connectivity index (χ1v) is 10.5. The lowest BCUT2D eigenvalue weighted by atomic mass is 9.93. The van der Waals surface area contributed by atoms with Crippen molar-refractivity contribution in [3.05, 3.63) is 45.8 Å². The zero-order chi connectivity index (χ0) is 16.2. The molecule has 0 radical (unpaired) electrons. The van der Waals surface area contributed by atoms with E-state index < -0.39 is 0 Å². The maximum Gasteiger partial charge on any atom is 0.280 e. The molecule has 0 saturated heterocycles. The molecule has 1 saturated carbocycles. The molecule has 122 valence electrons. The molecule has 0 spiro atoms. The van der Waals surface area contributed by atoms with Gasteiger partial charge in [0.2, 0.25) is 0 Å². The highest BCUT2D eigenvalue weighted by Gasteiger charge is 2.38. The van der Waals surface area contributed by atoms with Crippen LogP contribution in [0.1, 0.15) is 37.7 Å². The van der Waals surface area contributed by atoms with Gasteiger partial charge in [0.25, 0.3) is 5.91 Å². The number of amides is 1. The summed E-state index contributed by atoms with van der Waals surface area (Å²) in [6.07, 6.45) is 9.86. The van der Waals surface area contributed by atoms with Crippen LogP contribution >= 0.6 is 23.5 Å². The first-order valence-electron chi connectivity index (χ1n) is 8.06. The number of amidine groups is 1. The van der Waals surface area contributed by atoms with E-state index >= 15 is 0 Å². The third-order valence-corrected chi connectivity index (χ3v) is 6.53. The molecule has 5 heteroatoms. The van der Waals surface area contributed by atoms with Crippen molar-refractivity contribution in [3.8, 4) is 0 Å². The summed E-state index contributed by atoms with van der Waals surface area (Å²) >= 11 is 3.21. The van der Waals surface area contributed by atoms with Gasteiger partial charge in [-0.2, -0.15) is 0 Å². The quantitative estimate of drug-likeness (QED) is 0.752. The molecule has 0 unspecified atom stereocenters. The smallest absolute Gasteiger partial charge is 0.280 e. The number of carbonyl (C=O) groups is 1. The Morgan fingerprint density at radius 3 is 2.35 bits per heavy atom. The van der Waals surface area contributed by atoms with Gasteiger partial charge in [-0.3, -0.25) is 9.69 Å². The fourth-order valence-corrected chi connectivity index (χ4v) is 4.62. The second-order valence-electron chi connectivity index (χ2n) is 5.81. The van der Waals surface area contributed by atoms with Gasteiger partial charge in [-0.25, -0.2) is 4.99 Å². The summed E-state index contributed by atoms with van der Waals surface area (Å²) in [5.74, 6) is 0.910. The Hall–Kier alpha value is -1.20. The van der Waals surface area contributed by atoms with Crippen LogP contribution in [-0.2, 0) is 4.79 Å². The van der Waals surface area contributed by atoms with Crippen molar-refractivity contribution in [1.29, 1.82) is 0 Å². The predicted octanol–water partition coefficient (Wildman–Crippen LogP) is 4.50. The van der Waals surface area contributed by atoms with E-state index in [-0.39, 0.29) is 11.9 Å². The number of nitrogens with zero attached hydrogens (tertiary/aromatic N) is 2. The minimum atomic E-state index is 0.0782. The van der Waals surface area contributed by atoms with Crippen LogP contribution in [0.15, 0.2) is 45.3 Å². The number of hydrogen-bond donors (Lipinski definition) is 0.